The van der Waals surface area contributed by atoms with Crippen molar-refractivity contribution in [2.24, 2.45) is 10.2 Å². The van der Waals surface area contributed by atoms with Gasteiger partial charge in [-0.1, -0.05) is 0 Å². The molecular formula is C30H46N6O4. The molecule has 0 atom stereocenters. The zero-order valence-corrected chi connectivity index (χ0v) is 25.2. The van der Waals surface area contributed by atoms with Crippen molar-refractivity contribution in [2.75, 3.05) is 6.54 Å². The number of azo groups is 1. The van der Waals surface area contributed by atoms with Gasteiger partial charge in [0.15, 0.2) is 0 Å². The summed E-state index contributed by atoms with van der Waals surface area (Å²) in [7, 11) is 0. The average Bonchev–Trinajstić information content (AvgIpc) is 3.02. The predicted molar refractivity (Wildman–Crippen MR) is 156 cm³/mol. The van der Waals surface area contributed by atoms with Crippen LogP contribution in [0.5, 0.6) is 11.8 Å². The van der Waals surface area contributed by atoms with Gasteiger partial charge in [0.05, 0.1) is 0 Å². The minimum atomic E-state index is -0.680. The SMILES string of the molecule is CC1(C)CC(NCCC(=O)N=NC(=O)c2ccc3c(O)n(C4CC(C)(C)NC(C)(C)C4)c(O)c3c2)CC(C)(C)N1. The fourth-order valence-corrected chi connectivity index (χ4v) is 7.27. The molecule has 1 aromatic heterocycles. The van der Waals surface area contributed by atoms with E-state index in [1.165, 1.54) is 12.1 Å². The molecular weight excluding hydrogens is 508 g/mol. The van der Waals surface area contributed by atoms with Gasteiger partial charge in [-0.05, 0) is 99.3 Å². The van der Waals surface area contributed by atoms with E-state index in [-0.39, 0.29) is 58.0 Å². The molecule has 10 nitrogen and oxygen atoms in total. The molecule has 3 heterocycles. The van der Waals surface area contributed by atoms with Crippen molar-refractivity contribution in [3.63, 3.8) is 0 Å². The molecule has 2 aromatic rings. The van der Waals surface area contributed by atoms with Crippen molar-refractivity contribution in [3.05, 3.63) is 23.8 Å². The van der Waals surface area contributed by atoms with Crippen LogP contribution in [0.2, 0.25) is 0 Å². The van der Waals surface area contributed by atoms with Gasteiger partial charge in [0.2, 0.25) is 11.8 Å². The third kappa shape index (κ3) is 6.90. The van der Waals surface area contributed by atoms with Crippen LogP contribution in [0.1, 0.15) is 104 Å². The van der Waals surface area contributed by atoms with Crippen LogP contribution in [0.3, 0.4) is 0 Å². The smallest absolute Gasteiger partial charge is 0.295 e. The molecule has 2 saturated heterocycles. The molecule has 0 aliphatic carbocycles. The van der Waals surface area contributed by atoms with E-state index in [1.807, 2.05) is 0 Å². The zero-order valence-electron chi connectivity index (χ0n) is 25.2. The summed E-state index contributed by atoms with van der Waals surface area (Å²) in [6.07, 6.45) is 3.46. The molecule has 1 aromatic carbocycles. The first kappa shape index (κ1) is 30.1. The number of rotatable bonds is 6. The Morgan fingerprint density at radius 2 is 1.38 bits per heavy atom. The van der Waals surface area contributed by atoms with Crippen molar-refractivity contribution in [2.45, 2.75) is 122 Å². The lowest BCUT2D eigenvalue weighted by Gasteiger charge is -2.47. The van der Waals surface area contributed by atoms with Crippen molar-refractivity contribution in [3.8, 4) is 11.8 Å². The molecule has 0 spiro atoms. The molecule has 0 radical (unpaired) electrons. The summed E-state index contributed by atoms with van der Waals surface area (Å²) >= 11 is 0. The standard InChI is InChI=1S/C30H46N6O4/c1-27(2)14-19(15-28(3,4)34-27)31-12-11-23(37)32-33-24(38)18-9-10-21-22(13-18)26(40)36(25(21)39)20-16-29(5,6)35-30(7,8)17-20/h9-10,13,19-20,31,34-35,39-40H,11-12,14-17H2,1-8H3. The Labute approximate surface area is 237 Å². The Kier molecular flexibility index (Phi) is 7.94. The maximum atomic E-state index is 12.7. The minimum Gasteiger partial charge on any atom is -0.494 e. The molecule has 0 bridgehead atoms. The molecule has 2 fully saturated rings. The number of hydrogen-bond acceptors (Lipinski definition) is 7. The van der Waals surface area contributed by atoms with E-state index in [4.69, 9.17) is 0 Å². The number of nitrogens with one attached hydrogen (secondary N) is 3. The second-order valence-corrected chi connectivity index (χ2v) is 14.3. The Hall–Kier alpha value is -2.82. The summed E-state index contributed by atoms with van der Waals surface area (Å²) in [5, 5.41) is 40.9. The van der Waals surface area contributed by atoms with Crippen LogP contribution in [0, 0.1) is 0 Å². The molecule has 10 heteroatoms. The maximum absolute atomic E-state index is 12.7. The highest BCUT2D eigenvalue weighted by Crippen LogP contribution is 2.45. The molecule has 2 aliphatic heterocycles. The lowest BCUT2D eigenvalue weighted by atomic mass is 9.79. The number of piperidine rings is 2. The summed E-state index contributed by atoms with van der Waals surface area (Å²) in [6, 6.07) is 4.76. The summed E-state index contributed by atoms with van der Waals surface area (Å²) in [5.41, 5.74) is -0.189. The number of carbonyl (C=O) groups is 2. The number of benzene rings is 1. The van der Waals surface area contributed by atoms with E-state index in [0.717, 1.165) is 12.8 Å². The predicted octanol–water partition coefficient (Wildman–Crippen LogP) is 4.94. The average molecular weight is 555 g/mol. The van der Waals surface area contributed by atoms with E-state index >= 15 is 0 Å². The second-order valence-electron chi connectivity index (χ2n) is 14.3. The molecule has 220 valence electrons. The normalized spacial score (nSPS) is 22.6. The number of hydrogen-bond donors (Lipinski definition) is 5. The number of aromatic hydroxyl groups is 2. The van der Waals surface area contributed by atoms with Gasteiger partial charge in [0, 0.05) is 63.5 Å². The quantitative estimate of drug-likeness (QED) is 0.319. The molecule has 0 unspecified atom stereocenters. The lowest BCUT2D eigenvalue weighted by Crippen LogP contribution is -2.61. The first-order valence-electron chi connectivity index (χ1n) is 14.2. The monoisotopic (exact) mass is 554 g/mol. The van der Waals surface area contributed by atoms with Gasteiger partial charge in [-0.15, -0.1) is 10.2 Å². The molecule has 40 heavy (non-hydrogen) atoms. The number of carbonyl (C=O) groups excluding carboxylic acids is 2. The highest BCUT2D eigenvalue weighted by atomic mass is 16.3. The van der Waals surface area contributed by atoms with Gasteiger partial charge >= 0.3 is 0 Å². The van der Waals surface area contributed by atoms with E-state index in [1.54, 1.807) is 10.6 Å². The number of fused-ring (bicyclic) bond motifs is 1. The highest BCUT2D eigenvalue weighted by molar-refractivity contribution is 6.02. The fraction of sp³-hybridized carbons (Fsp3) is 0.667. The van der Waals surface area contributed by atoms with E-state index in [0.29, 0.717) is 30.2 Å². The Morgan fingerprint density at radius 1 is 0.850 bits per heavy atom. The van der Waals surface area contributed by atoms with Gasteiger partial charge < -0.3 is 26.2 Å². The third-order valence-electron chi connectivity index (χ3n) is 7.95. The summed E-state index contributed by atoms with van der Waals surface area (Å²) in [5.74, 6) is -1.28. The molecule has 2 aliphatic rings. The molecule has 4 rings (SSSR count). The first-order valence-corrected chi connectivity index (χ1v) is 14.2. The Morgan fingerprint density at radius 3 is 1.95 bits per heavy atom. The van der Waals surface area contributed by atoms with Gasteiger partial charge in [-0.25, -0.2) is 0 Å². The fourth-order valence-electron chi connectivity index (χ4n) is 7.27. The first-order chi connectivity index (χ1) is 18.4. The number of aromatic nitrogens is 1. The topological polar surface area (TPSA) is 140 Å². The van der Waals surface area contributed by atoms with Gasteiger partial charge in [-0.3, -0.25) is 14.2 Å². The van der Waals surface area contributed by atoms with Crippen LogP contribution in [0.25, 0.3) is 10.8 Å². The van der Waals surface area contributed by atoms with E-state index in [2.05, 4.69) is 81.6 Å². The number of amides is 2. The van der Waals surface area contributed by atoms with Crippen LogP contribution in [0.4, 0.5) is 0 Å². The lowest BCUT2D eigenvalue weighted by molar-refractivity contribution is -0.118. The van der Waals surface area contributed by atoms with Gasteiger partial charge in [0.25, 0.3) is 11.8 Å². The van der Waals surface area contributed by atoms with Crippen LogP contribution in [0.15, 0.2) is 28.4 Å². The molecule has 5 N–H and O–H groups in total. The summed E-state index contributed by atoms with van der Waals surface area (Å²) in [4.78, 5) is 25.1. The van der Waals surface area contributed by atoms with E-state index in [9.17, 15) is 19.8 Å². The number of nitrogens with zero attached hydrogens (tertiary/aromatic N) is 3. The Balaban J connectivity index is 1.41. The second kappa shape index (κ2) is 10.5. The largest absolute Gasteiger partial charge is 0.494 e. The molecule has 2 amide bonds. The maximum Gasteiger partial charge on any atom is 0.295 e. The third-order valence-corrected chi connectivity index (χ3v) is 7.95. The van der Waals surface area contributed by atoms with Crippen molar-refractivity contribution in [1.82, 2.24) is 20.5 Å². The van der Waals surface area contributed by atoms with Crippen LogP contribution in [-0.4, -0.2) is 61.3 Å². The van der Waals surface area contributed by atoms with Crippen molar-refractivity contribution < 1.29 is 19.8 Å². The van der Waals surface area contributed by atoms with Crippen LogP contribution >= 0.6 is 0 Å². The van der Waals surface area contributed by atoms with Crippen LogP contribution < -0.4 is 16.0 Å². The summed E-state index contributed by atoms with van der Waals surface area (Å²) < 4.78 is 1.56. The molecule has 0 saturated carbocycles. The van der Waals surface area contributed by atoms with Crippen molar-refractivity contribution in [1.29, 1.82) is 0 Å². The highest BCUT2D eigenvalue weighted by Gasteiger charge is 2.40. The van der Waals surface area contributed by atoms with Gasteiger partial charge in [0.1, 0.15) is 0 Å². The minimum absolute atomic E-state index is 0.00362. The van der Waals surface area contributed by atoms with E-state index < -0.39 is 11.8 Å². The Bertz CT molecular complexity index is 1290. The van der Waals surface area contributed by atoms with Crippen LogP contribution in [-0.2, 0) is 4.79 Å². The van der Waals surface area contributed by atoms with Crippen molar-refractivity contribution >= 4 is 22.6 Å². The van der Waals surface area contributed by atoms with Gasteiger partial charge in [-0.2, -0.15) is 0 Å². The zero-order chi connectivity index (χ0) is 29.7. The summed E-state index contributed by atoms with van der Waals surface area (Å²) in [6.45, 7) is 17.6.